The first-order chi connectivity index (χ1) is 20.1. The quantitative estimate of drug-likeness (QED) is 0.125. The Morgan fingerprint density at radius 2 is 1.29 bits per heavy atom. The van der Waals surface area contributed by atoms with Crippen LogP contribution in [0, 0.1) is 5.92 Å². The summed E-state index contributed by atoms with van der Waals surface area (Å²) in [7, 11) is 0. The number of esters is 2. The maximum absolute atomic E-state index is 13.9. The molecule has 3 aliphatic carbocycles. The SMILES string of the molecule is C=CC(=O)Oc1ccc(OC(=O)C2CC3c4ccccc4C2c2ccc(Oc4ccccc4)cc23)c2ccccc12. The van der Waals surface area contributed by atoms with Crippen LogP contribution in [-0.2, 0) is 9.59 Å². The first-order valence-electron chi connectivity index (χ1n) is 13.6. The molecule has 0 aromatic heterocycles. The van der Waals surface area contributed by atoms with E-state index in [1.54, 1.807) is 12.1 Å². The summed E-state index contributed by atoms with van der Waals surface area (Å²) in [5.74, 6) is 1.16. The molecule has 5 heteroatoms. The number of rotatable bonds is 6. The highest BCUT2D eigenvalue weighted by atomic mass is 16.5. The van der Waals surface area contributed by atoms with Crippen molar-refractivity contribution < 1.29 is 23.8 Å². The maximum atomic E-state index is 13.9. The fraction of sp³-hybridized carbons (Fsp3) is 0.111. The van der Waals surface area contributed by atoms with Gasteiger partial charge in [0.05, 0.1) is 5.92 Å². The van der Waals surface area contributed by atoms with Crippen LogP contribution in [0.2, 0.25) is 0 Å². The van der Waals surface area contributed by atoms with Gasteiger partial charge >= 0.3 is 11.9 Å². The second-order valence-corrected chi connectivity index (χ2v) is 10.4. The van der Waals surface area contributed by atoms with E-state index in [4.69, 9.17) is 14.2 Å². The lowest BCUT2D eigenvalue weighted by Crippen LogP contribution is -2.38. The highest BCUT2D eigenvalue weighted by Gasteiger charge is 2.47. The van der Waals surface area contributed by atoms with Crippen LogP contribution >= 0.6 is 0 Å². The van der Waals surface area contributed by atoms with E-state index in [0.29, 0.717) is 28.7 Å². The summed E-state index contributed by atoms with van der Waals surface area (Å²) in [5.41, 5.74) is 4.76. The molecule has 0 aliphatic heterocycles. The standard InChI is InChI=1S/C36H26O5/c1-2-34(37)40-32-18-19-33(26-14-8-7-13-25(26)32)41-36(38)31-21-30-24-12-6-9-15-27(24)35(31)28-17-16-23(20-29(28)30)39-22-10-4-3-5-11-22/h2-20,30-31,35H,1,21H2. The Morgan fingerprint density at radius 3 is 2.02 bits per heavy atom. The van der Waals surface area contributed by atoms with Crippen molar-refractivity contribution in [3.63, 3.8) is 0 Å². The third-order valence-electron chi connectivity index (χ3n) is 8.08. The smallest absolute Gasteiger partial charge is 0.335 e. The van der Waals surface area contributed by atoms with Crippen LogP contribution in [0.25, 0.3) is 10.8 Å². The van der Waals surface area contributed by atoms with Crippen molar-refractivity contribution >= 4 is 22.7 Å². The van der Waals surface area contributed by atoms with Crippen LogP contribution in [0.15, 0.2) is 122 Å². The zero-order valence-electron chi connectivity index (χ0n) is 22.2. The van der Waals surface area contributed by atoms with Crippen LogP contribution in [0.4, 0.5) is 0 Å². The average Bonchev–Trinajstić information content (AvgIpc) is 3.02. The lowest BCUT2D eigenvalue weighted by atomic mass is 9.59. The molecule has 5 aromatic carbocycles. The van der Waals surface area contributed by atoms with Gasteiger partial charge in [0.1, 0.15) is 23.0 Å². The van der Waals surface area contributed by atoms with Crippen molar-refractivity contribution in [1.82, 2.24) is 0 Å². The average molecular weight is 539 g/mol. The summed E-state index contributed by atoms with van der Waals surface area (Å²) in [6, 6.07) is 35.1. The van der Waals surface area contributed by atoms with E-state index in [1.165, 1.54) is 16.7 Å². The van der Waals surface area contributed by atoms with E-state index in [0.717, 1.165) is 23.1 Å². The molecule has 0 amide bonds. The van der Waals surface area contributed by atoms with Crippen molar-refractivity contribution in [3.8, 4) is 23.0 Å². The molecule has 8 rings (SSSR count). The molecule has 3 aliphatic rings. The van der Waals surface area contributed by atoms with Gasteiger partial charge in [0.2, 0.25) is 0 Å². The first-order valence-corrected chi connectivity index (χ1v) is 13.6. The van der Waals surface area contributed by atoms with E-state index < -0.39 is 5.97 Å². The molecule has 0 saturated heterocycles. The molecule has 200 valence electrons. The minimum atomic E-state index is -0.548. The molecular weight excluding hydrogens is 512 g/mol. The molecule has 0 fully saturated rings. The van der Waals surface area contributed by atoms with Gasteiger partial charge in [-0.1, -0.05) is 79.4 Å². The highest BCUT2D eigenvalue weighted by molar-refractivity contribution is 5.97. The normalized spacial score (nSPS) is 18.2. The summed E-state index contributed by atoms with van der Waals surface area (Å²) < 4.78 is 17.7. The first kappa shape index (κ1) is 24.9. The molecule has 0 radical (unpaired) electrons. The molecular formula is C36H26O5. The van der Waals surface area contributed by atoms with Crippen molar-refractivity contribution in [3.05, 3.63) is 144 Å². The van der Waals surface area contributed by atoms with Crippen LogP contribution in [0.3, 0.4) is 0 Å². The predicted molar refractivity (Wildman–Crippen MR) is 157 cm³/mol. The summed E-state index contributed by atoms with van der Waals surface area (Å²) in [4.78, 5) is 25.7. The van der Waals surface area contributed by atoms with Crippen LogP contribution in [-0.4, -0.2) is 11.9 Å². The van der Waals surface area contributed by atoms with Gasteiger partial charge in [-0.3, -0.25) is 4.79 Å². The third kappa shape index (κ3) is 4.36. The second-order valence-electron chi connectivity index (χ2n) is 10.4. The Balaban J connectivity index is 1.22. The van der Waals surface area contributed by atoms with Crippen LogP contribution < -0.4 is 14.2 Å². The van der Waals surface area contributed by atoms with Gasteiger partial charge in [-0.2, -0.15) is 0 Å². The number of benzene rings is 5. The van der Waals surface area contributed by atoms with Crippen LogP contribution in [0.5, 0.6) is 23.0 Å². The van der Waals surface area contributed by atoms with E-state index in [1.807, 2.05) is 66.7 Å². The van der Waals surface area contributed by atoms with Gasteiger partial charge in [0, 0.05) is 28.7 Å². The summed E-state index contributed by atoms with van der Waals surface area (Å²) >= 11 is 0. The zero-order chi connectivity index (χ0) is 27.9. The third-order valence-corrected chi connectivity index (χ3v) is 8.08. The Hall–Kier alpha value is -5.16. The minimum Gasteiger partial charge on any atom is -0.457 e. The molecule has 0 spiro atoms. The van der Waals surface area contributed by atoms with Crippen LogP contribution in [0.1, 0.15) is 40.5 Å². The molecule has 0 N–H and O–H groups in total. The Labute approximate surface area is 237 Å². The van der Waals surface area contributed by atoms with Crippen molar-refractivity contribution in [1.29, 1.82) is 0 Å². The van der Waals surface area contributed by atoms with Crippen molar-refractivity contribution in [2.75, 3.05) is 0 Å². The molecule has 41 heavy (non-hydrogen) atoms. The van der Waals surface area contributed by atoms with Gasteiger partial charge < -0.3 is 14.2 Å². The molecule has 5 nitrogen and oxygen atoms in total. The molecule has 5 aromatic rings. The van der Waals surface area contributed by atoms with E-state index in [9.17, 15) is 9.59 Å². The minimum absolute atomic E-state index is 0.0560. The summed E-state index contributed by atoms with van der Waals surface area (Å²) in [6.45, 7) is 3.47. The summed E-state index contributed by atoms with van der Waals surface area (Å²) in [6.07, 6.45) is 1.77. The molecule has 3 atom stereocenters. The largest absolute Gasteiger partial charge is 0.457 e. The second kappa shape index (κ2) is 10.1. The Morgan fingerprint density at radius 1 is 0.659 bits per heavy atom. The lowest BCUT2D eigenvalue weighted by molar-refractivity contribution is -0.140. The molecule has 2 bridgehead atoms. The Bertz CT molecular complexity index is 1820. The number of fused-ring (bicyclic) bond motifs is 2. The predicted octanol–water partition coefficient (Wildman–Crippen LogP) is 7.93. The number of para-hydroxylation sites is 1. The van der Waals surface area contributed by atoms with E-state index in [2.05, 4.69) is 36.9 Å². The van der Waals surface area contributed by atoms with Crippen molar-refractivity contribution in [2.45, 2.75) is 18.3 Å². The van der Waals surface area contributed by atoms with Gasteiger partial charge in [0.15, 0.2) is 0 Å². The number of ether oxygens (including phenoxy) is 3. The summed E-state index contributed by atoms with van der Waals surface area (Å²) in [5, 5.41) is 1.37. The van der Waals surface area contributed by atoms with Crippen molar-refractivity contribution in [2.24, 2.45) is 5.92 Å². The van der Waals surface area contributed by atoms with Gasteiger partial charge in [-0.25, -0.2) is 4.79 Å². The van der Waals surface area contributed by atoms with E-state index in [-0.39, 0.29) is 23.7 Å². The van der Waals surface area contributed by atoms with Gasteiger partial charge in [-0.15, -0.1) is 0 Å². The van der Waals surface area contributed by atoms with Gasteiger partial charge in [0.25, 0.3) is 0 Å². The Kier molecular flexibility index (Phi) is 6.12. The topological polar surface area (TPSA) is 61.8 Å². The molecule has 3 unspecified atom stereocenters. The van der Waals surface area contributed by atoms with E-state index >= 15 is 0 Å². The fourth-order valence-electron chi connectivity index (χ4n) is 6.34. The number of carbonyl (C=O) groups excluding carboxylic acids is 2. The number of carbonyl (C=O) groups is 2. The fourth-order valence-corrected chi connectivity index (χ4v) is 6.34. The zero-order valence-corrected chi connectivity index (χ0v) is 22.2. The number of hydrogen-bond acceptors (Lipinski definition) is 5. The maximum Gasteiger partial charge on any atom is 0.335 e. The lowest BCUT2D eigenvalue weighted by Gasteiger charge is -2.44. The molecule has 0 heterocycles. The highest BCUT2D eigenvalue weighted by Crippen LogP contribution is 2.56. The molecule has 0 saturated carbocycles. The monoisotopic (exact) mass is 538 g/mol. The van der Waals surface area contributed by atoms with Gasteiger partial charge in [-0.05, 0) is 65.1 Å². The number of hydrogen-bond donors (Lipinski definition) is 0.